The molecule has 0 bridgehead atoms. The van der Waals surface area contributed by atoms with Crippen molar-refractivity contribution >= 4 is 17.7 Å². The average Bonchev–Trinajstić information content (AvgIpc) is 3.07. The molecule has 0 aromatic carbocycles. The topological polar surface area (TPSA) is 88.1 Å². The Labute approximate surface area is 202 Å². The van der Waals surface area contributed by atoms with Crippen LogP contribution < -0.4 is 0 Å². The fraction of sp³-hybridized carbons (Fsp3) is 0.815. The summed E-state index contributed by atoms with van der Waals surface area (Å²) in [4.78, 5) is 37.4. The predicted molar refractivity (Wildman–Crippen MR) is 125 cm³/mol. The normalized spacial score (nSPS) is 40.5. The van der Waals surface area contributed by atoms with Crippen molar-refractivity contribution in [3.05, 3.63) is 11.6 Å². The Morgan fingerprint density at radius 1 is 0.941 bits per heavy atom. The van der Waals surface area contributed by atoms with Gasteiger partial charge in [-0.15, -0.1) is 0 Å². The molecule has 7 nitrogen and oxygen atoms in total. The molecule has 0 aromatic rings. The smallest absolute Gasteiger partial charge is 0.302 e. The van der Waals surface area contributed by atoms with Crippen LogP contribution in [-0.2, 0) is 33.3 Å². The molecule has 4 aliphatic carbocycles. The number of ketones is 1. The number of carbonyl (C=O) groups excluding carboxylic acids is 3. The van der Waals surface area contributed by atoms with E-state index in [1.54, 1.807) is 7.11 Å². The van der Waals surface area contributed by atoms with E-state index in [9.17, 15) is 14.4 Å². The predicted octanol–water partition coefficient (Wildman–Crippen LogP) is 4.23. The highest BCUT2D eigenvalue weighted by atomic mass is 16.7. The third-order valence-corrected chi connectivity index (χ3v) is 9.57. The van der Waals surface area contributed by atoms with Crippen molar-refractivity contribution in [2.24, 2.45) is 34.0 Å². The standard InChI is InChI=1S/C27H40O7/c1-16(28)33-22-10-12-27(14-32-15-31-6)19-9-11-26(5)18(7-8-23(26)34-17(2)29)24(19)20(30)13-21(27)25(22,3)4/h13,18-19,22-24H,7-12,14-15H2,1-6H3/t18-,19-,22-,23-,24-,26-,27-/m0/s1. The molecule has 0 saturated heterocycles. The van der Waals surface area contributed by atoms with Crippen LogP contribution in [-0.4, -0.2) is 50.4 Å². The Balaban J connectivity index is 1.74. The summed E-state index contributed by atoms with van der Waals surface area (Å²) in [6.45, 7) is 9.97. The lowest BCUT2D eigenvalue weighted by Gasteiger charge is -2.61. The van der Waals surface area contributed by atoms with Crippen molar-refractivity contribution in [2.45, 2.75) is 85.4 Å². The number of hydrogen-bond acceptors (Lipinski definition) is 7. The average molecular weight is 477 g/mol. The summed E-state index contributed by atoms with van der Waals surface area (Å²) in [7, 11) is 1.61. The molecule has 0 heterocycles. The first-order valence-corrected chi connectivity index (χ1v) is 12.6. The highest BCUT2D eigenvalue weighted by molar-refractivity contribution is 5.95. The van der Waals surface area contributed by atoms with E-state index in [2.05, 4.69) is 20.8 Å². The van der Waals surface area contributed by atoms with E-state index in [1.807, 2.05) is 6.08 Å². The molecule has 0 unspecified atom stereocenters. The molecule has 0 N–H and O–H groups in total. The number of carbonyl (C=O) groups is 3. The molecule has 7 heteroatoms. The van der Waals surface area contributed by atoms with Gasteiger partial charge in [-0.3, -0.25) is 14.4 Å². The molecular weight excluding hydrogens is 436 g/mol. The zero-order valence-electron chi connectivity index (χ0n) is 21.5. The summed E-state index contributed by atoms with van der Waals surface area (Å²) >= 11 is 0. The maximum absolute atomic E-state index is 13.8. The van der Waals surface area contributed by atoms with E-state index in [1.165, 1.54) is 13.8 Å². The van der Waals surface area contributed by atoms with Gasteiger partial charge in [-0.05, 0) is 62.0 Å². The van der Waals surface area contributed by atoms with E-state index >= 15 is 0 Å². The third kappa shape index (κ3) is 3.93. The largest absolute Gasteiger partial charge is 0.462 e. The fourth-order valence-electron chi connectivity index (χ4n) is 8.13. The Kier molecular flexibility index (Phi) is 6.75. The van der Waals surface area contributed by atoms with Crippen molar-refractivity contribution in [2.75, 3.05) is 20.5 Å². The monoisotopic (exact) mass is 476 g/mol. The molecule has 3 fully saturated rings. The van der Waals surface area contributed by atoms with E-state index in [0.29, 0.717) is 6.61 Å². The van der Waals surface area contributed by atoms with Crippen molar-refractivity contribution in [3.63, 3.8) is 0 Å². The molecule has 34 heavy (non-hydrogen) atoms. The first kappa shape index (κ1) is 25.4. The van der Waals surface area contributed by atoms with Crippen molar-refractivity contribution < 1.29 is 33.3 Å². The molecule has 0 aromatic heterocycles. The lowest BCUT2D eigenvalue weighted by Crippen LogP contribution is -2.60. The lowest BCUT2D eigenvalue weighted by molar-refractivity contribution is -0.169. The van der Waals surface area contributed by atoms with Crippen molar-refractivity contribution in [3.8, 4) is 0 Å². The molecule has 4 rings (SSSR count). The van der Waals surface area contributed by atoms with Gasteiger partial charge < -0.3 is 18.9 Å². The maximum atomic E-state index is 13.8. The number of ether oxygens (including phenoxy) is 4. The van der Waals surface area contributed by atoms with Gasteiger partial charge in [0.15, 0.2) is 5.78 Å². The van der Waals surface area contributed by atoms with Gasteiger partial charge in [0.1, 0.15) is 19.0 Å². The molecule has 190 valence electrons. The minimum Gasteiger partial charge on any atom is -0.462 e. The van der Waals surface area contributed by atoms with Gasteiger partial charge in [0, 0.05) is 43.1 Å². The molecule has 0 radical (unpaired) electrons. The highest BCUT2D eigenvalue weighted by Gasteiger charge is 2.65. The van der Waals surface area contributed by atoms with Crippen LogP contribution in [0.5, 0.6) is 0 Å². The Morgan fingerprint density at radius 3 is 2.26 bits per heavy atom. The minimum atomic E-state index is -0.475. The van der Waals surface area contributed by atoms with Crippen LogP contribution in [0.4, 0.5) is 0 Å². The fourth-order valence-corrected chi connectivity index (χ4v) is 8.13. The Bertz CT molecular complexity index is 876. The first-order chi connectivity index (χ1) is 16.0. The van der Waals surface area contributed by atoms with Crippen LogP contribution in [0.25, 0.3) is 0 Å². The summed E-state index contributed by atoms with van der Waals surface area (Å²) in [5.74, 6) is -0.175. The van der Waals surface area contributed by atoms with Crippen LogP contribution in [0.15, 0.2) is 11.6 Å². The Hall–Kier alpha value is -1.73. The van der Waals surface area contributed by atoms with Crippen molar-refractivity contribution in [1.29, 1.82) is 0 Å². The number of allylic oxidation sites excluding steroid dienone is 1. The minimum absolute atomic E-state index is 0.115. The van der Waals surface area contributed by atoms with E-state index in [4.69, 9.17) is 18.9 Å². The number of hydrogen-bond donors (Lipinski definition) is 0. The van der Waals surface area contributed by atoms with Gasteiger partial charge in [-0.25, -0.2) is 0 Å². The SMILES string of the molecule is COCOC[C@]12CC[C@H](OC(C)=O)C(C)(C)C1=CC(=O)[C@@H]1[C@@H]2CC[C@]2(C)[C@@H](OC(C)=O)CC[C@@H]12. The zero-order valence-corrected chi connectivity index (χ0v) is 21.5. The lowest BCUT2D eigenvalue weighted by atomic mass is 9.44. The van der Waals surface area contributed by atoms with E-state index in [-0.39, 0.29) is 65.3 Å². The molecular formula is C27H40O7. The van der Waals surface area contributed by atoms with Crippen LogP contribution in [0, 0.1) is 34.0 Å². The van der Waals surface area contributed by atoms with Gasteiger partial charge >= 0.3 is 11.9 Å². The van der Waals surface area contributed by atoms with Gasteiger partial charge in [0.05, 0.1) is 6.61 Å². The van der Waals surface area contributed by atoms with Crippen LogP contribution >= 0.6 is 0 Å². The first-order valence-electron chi connectivity index (χ1n) is 12.6. The van der Waals surface area contributed by atoms with Gasteiger partial charge in [-0.1, -0.05) is 20.8 Å². The van der Waals surface area contributed by atoms with Crippen LogP contribution in [0.2, 0.25) is 0 Å². The summed E-state index contributed by atoms with van der Waals surface area (Å²) in [5, 5.41) is 0. The zero-order chi connectivity index (χ0) is 24.9. The molecule has 0 aliphatic heterocycles. The Morgan fingerprint density at radius 2 is 1.62 bits per heavy atom. The second kappa shape index (κ2) is 9.05. The van der Waals surface area contributed by atoms with Crippen molar-refractivity contribution in [1.82, 2.24) is 0 Å². The molecule has 4 aliphatic rings. The third-order valence-electron chi connectivity index (χ3n) is 9.57. The van der Waals surface area contributed by atoms with E-state index < -0.39 is 5.41 Å². The summed E-state index contributed by atoms with van der Waals surface area (Å²) < 4.78 is 22.7. The number of fused-ring (bicyclic) bond motifs is 5. The molecule has 0 spiro atoms. The van der Waals surface area contributed by atoms with Gasteiger partial charge in [0.2, 0.25) is 0 Å². The second-order valence-corrected chi connectivity index (χ2v) is 11.7. The summed E-state index contributed by atoms with van der Waals surface area (Å²) in [6.07, 6.45) is 6.47. The quantitative estimate of drug-likeness (QED) is 0.322. The summed E-state index contributed by atoms with van der Waals surface area (Å²) in [6, 6.07) is 0. The van der Waals surface area contributed by atoms with Gasteiger partial charge in [0.25, 0.3) is 0 Å². The maximum Gasteiger partial charge on any atom is 0.302 e. The second-order valence-electron chi connectivity index (χ2n) is 11.7. The van der Waals surface area contributed by atoms with Crippen LogP contribution in [0.3, 0.4) is 0 Å². The number of methoxy groups -OCH3 is 1. The molecule has 3 saturated carbocycles. The highest BCUT2D eigenvalue weighted by Crippen LogP contribution is 2.67. The molecule has 0 amide bonds. The van der Waals surface area contributed by atoms with Gasteiger partial charge in [-0.2, -0.15) is 0 Å². The van der Waals surface area contributed by atoms with Crippen LogP contribution in [0.1, 0.15) is 73.1 Å². The summed E-state index contributed by atoms with van der Waals surface area (Å²) in [5.41, 5.74) is 0.0841. The number of rotatable bonds is 6. The number of esters is 2. The van der Waals surface area contributed by atoms with E-state index in [0.717, 1.165) is 44.1 Å². The molecule has 7 atom stereocenters.